The largest absolute Gasteiger partial charge is 0.491 e. The Morgan fingerprint density at radius 2 is 1.82 bits per heavy atom. The van der Waals surface area contributed by atoms with Gasteiger partial charge in [-0.2, -0.15) is 0 Å². The maximum atomic E-state index is 12.2. The Bertz CT molecular complexity index is 915. The molecule has 3 N–H and O–H groups in total. The molecule has 188 valence electrons. The van der Waals surface area contributed by atoms with Gasteiger partial charge in [0.25, 0.3) is 0 Å². The first-order chi connectivity index (χ1) is 15.9. The second-order valence-corrected chi connectivity index (χ2v) is 9.24. The molecule has 0 saturated carbocycles. The summed E-state index contributed by atoms with van der Waals surface area (Å²) < 4.78 is 36.2. The van der Waals surface area contributed by atoms with E-state index in [1.807, 2.05) is 19.9 Å². The summed E-state index contributed by atoms with van der Waals surface area (Å²) in [5.41, 5.74) is 2.48. The van der Waals surface area contributed by atoms with Gasteiger partial charge < -0.3 is 25.2 Å². The minimum absolute atomic E-state index is 0.0364. The van der Waals surface area contributed by atoms with Crippen LogP contribution in [0.4, 0.5) is 8.78 Å². The average molecular weight is 479 g/mol. The predicted octanol–water partition coefficient (Wildman–Crippen LogP) is 4.14. The van der Waals surface area contributed by atoms with Crippen molar-refractivity contribution in [2.75, 3.05) is 19.7 Å². The lowest BCUT2D eigenvalue weighted by Gasteiger charge is -2.38. The third kappa shape index (κ3) is 8.66. The number of fused-ring (bicyclic) bond motifs is 1. The van der Waals surface area contributed by atoms with E-state index < -0.39 is 17.7 Å². The van der Waals surface area contributed by atoms with Crippen LogP contribution in [0.25, 0.3) is 0 Å². The number of hydrogen-bond donors (Lipinski definition) is 3. The average Bonchev–Trinajstić information content (AvgIpc) is 2.70. The number of halogens is 2. The first-order valence-electron chi connectivity index (χ1n) is 11.4. The first kappa shape index (κ1) is 27.7. The van der Waals surface area contributed by atoms with Crippen molar-refractivity contribution in [2.45, 2.75) is 65.4 Å². The molecule has 0 aromatic heterocycles. The van der Waals surface area contributed by atoms with Gasteiger partial charge in [-0.15, -0.1) is 0 Å². The van der Waals surface area contributed by atoms with Crippen LogP contribution in [0.3, 0.4) is 0 Å². The summed E-state index contributed by atoms with van der Waals surface area (Å²) in [6.07, 6.45) is -0.547. The van der Waals surface area contributed by atoms with Crippen molar-refractivity contribution in [1.82, 2.24) is 10.6 Å². The molecule has 34 heavy (non-hydrogen) atoms. The van der Waals surface area contributed by atoms with E-state index in [2.05, 4.69) is 36.6 Å². The van der Waals surface area contributed by atoms with Gasteiger partial charge in [0.1, 0.15) is 17.4 Å². The minimum Gasteiger partial charge on any atom is -0.491 e. The fraction of sp³-hybridized carbons (Fsp3) is 0.500. The zero-order chi connectivity index (χ0) is 25.5. The van der Waals surface area contributed by atoms with Crippen molar-refractivity contribution in [3.05, 3.63) is 64.7 Å². The summed E-state index contributed by atoms with van der Waals surface area (Å²) in [5.74, 6) is -0.361. The van der Waals surface area contributed by atoms with Crippen LogP contribution in [0.5, 0.6) is 5.75 Å². The summed E-state index contributed by atoms with van der Waals surface area (Å²) in [5, 5.41) is 16.0. The summed E-state index contributed by atoms with van der Waals surface area (Å²) in [6, 6.07) is 9.45. The number of nitrogens with one attached hydrogen (secondary N) is 2. The number of aryl methyl sites for hydroxylation is 1. The van der Waals surface area contributed by atoms with Crippen LogP contribution < -0.4 is 15.4 Å². The fourth-order valence-electron chi connectivity index (χ4n) is 3.65. The lowest BCUT2D eigenvalue weighted by Crippen LogP contribution is -2.42. The molecule has 0 fully saturated rings. The van der Waals surface area contributed by atoms with Crippen molar-refractivity contribution >= 4 is 5.91 Å². The summed E-state index contributed by atoms with van der Waals surface area (Å²) in [7, 11) is 0. The van der Waals surface area contributed by atoms with Gasteiger partial charge in [0, 0.05) is 26.1 Å². The molecule has 0 saturated heterocycles. The molecule has 2 aromatic rings. The molecule has 6 nitrogen and oxygen atoms in total. The maximum Gasteiger partial charge on any atom is 0.216 e. The fourth-order valence-corrected chi connectivity index (χ4v) is 3.65. The van der Waals surface area contributed by atoms with E-state index in [4.69, 9.17) is 9.47 Å². The molecular formula is C26H36F2N2O4. The van der Waals surface area contributed by atoms with Gasteiger partial charge in [0.2, 0.25) is 5.91 Å². The smallest absolute Gasteiger partial charge is 0.216 e. The van der Waals surface area contributed by atoms with Gasteiger partial charge in [-0.25, -0.2) is 8.78 Å². The molecule has 0 bridgehead atoms. The number of aliphatic hydroxyl groups is 1. The Morgan fingerprint density at radius 3 is 2.38 bits per heavy atom. The molecule has 2 unspecified atom stereocenters. The molecule has 1 amide bonds. The quantitative estimate of drug-likeness (QED) is 0.558. The van der Waals surface area contributed by atoms with Gasteiger partial charge in [-0.05, 0) is 75.6 Å². The van der Waals surface area contributed by atoms with E-state index in [-0.39, 0.29) is 30.2 Å². The van der Waals surface area contributed by atoms with Crippen LogP contribution in [0, 0.1) is 18.6 Å². The highest BCUT2D eigenvalue weighted by Crippen LogP contribution is 2.38. The lowest BCUT2D eigenvalue weighted by molar-refractivity contribution is -0.119. The van der Waals surface area contributed by atoms with Gasteiger partial charge >= 0.3 is 0 Å². The second kappa shape index (κ2) is 12.2. The topological polar surface area (TPSA) is 79.8 Å². The van der Waals surface area contributed by atoms with E-state index in [0.717, 1.165) is 22.9 Å². The van der Waals surface area contributed by atoms with Crippen LogP contribution in [0.1, 0.15) is 57.4 Å². The van der Waals surface area contributed by atoms with E-state index in [0.29, 0.717) is 18.7 Å². The highest BCUT2D eigenvalue weighted by atomic mass is 19.1. The van der Waals surface area contributed by atoms with Crippen LogP contribution in [-0.4, -0.2) is 42.9 Å². The normalized spacial score (nSPS) is 17.3. The van der Waals surface area contributed by atoms with E-state index >= 15 is 0 Å². The molecule has 1 aliphatic rings. The third-order valence-corrected chi connectivity index (χ3v) is 5.22. The monoisotopic (exact) mass is 478 g/mol. The van der Waals surface area contributed by atoms with Crippen molar-refractivity contribution in [1.29, 1.82) is 0 Å². The zero-order valence-corrected chi connectivity index (χ0v) is 20.7. The van der Waals surface area contributed by atoms with Gasteiger partial charge in [0.15, 0.2) is 0 Å². The molecule has 0 spiro atoms. The van der Waals surface area contributed by atoms with Gasteiger partial charge in [0.05, 0.1) is 30.5 Å². The van der Waals surface area contributed by atoms with E-state index in [1.165, 1.54) is 19.1 Å². The molecule has 2 aromatic carbocycles. The summed E-state index contributed by atoms with van der Waals surface area (Å²) >= 11 is 0. The number of carbonyl (C=O) groups excluding carboxylic acids is 1. The van der Waals surface area contributed by atoms with Crippen molar-refractivity contribution in [3.63, 3.8) is 0 Å². The Balaban J connectivity index is 0.000000379. The van der Waals surface area contributed by atoms with Crippen LogP contribution >= 0.6 is 0 Å². The first-order valence-corrected chi connectivity index (χ1v) is 11.4. The van der Waals surface area contributed by atoms with Crippen LogP contribution in [0.2, 0.25) is 0 Å². The number of ether oxygens (including phenoxy) is 2. The predicted molar refractivity (Wildman–Crippen MR) is 128 cm³/mol. The van der Waals surface area contributed by atoms with E-state index in [1.54, 1.807) is 6.92 Å². The highest BCUT2D eigenvalue weighted by Gasteiger charge is 2.34. The summed E-state index contributed by atoms with van der Waals surface area (Å²) in [4.78, 5) is 10.9. The van der Waals surface area contributed by atoms with Crippen LogP contribution in [0.15, 0.2) is 36.4 Å². The molecule has 1 aliphatic heterocycles. The standard InChI is InChI=1S/C19H30N2O4.C7H6F2/c1-12(2)25-15-6-7-17-16(8-15)18(11-24-19(17,4)5)21-10-14(23)9-20-13(3)22;1-5-2-6(8)4-7(9)3-5/h6-8,12,14,18,21,23H,9-11H2,1-5H3,(H,20,22);2-4H,1H3. The number of amides is 1. The zero-order valence-electron chi connectivity index (χ0n) is 20.7. The highest BCUT2D eigenvalue weighted by molar-refractivity contribution is 5.72. The maximum absolute atomic E-state index is 12.2. The summed E-state index contributed by atoms with van der Waals surface area (Å²) in [6.45, 7) is 12.3. The van der Waals surface area contributed by atoms with Gasteiger partial charge in [-0.1, -0.05) is 6.07 Å². The van der Waals surface area contributed by atoms with E-state index in [9.17, 15) is 18.7 Å². The number of rotatable bonds is 7. The Hall–Kier alpha value is -2.55. The van der Waals surface area contributed by atoms with Crippen molar-refractivity contribution in [2.24, 2.45) is 0 Å². The molecular weight excluding hydrogens is 442 g/mol. The number of hydrogen-bond acceptors (Lipinski definition) is 5. The second-order valence-electron chi connectivity index (χ2n) is 9.24. The number of aliphatic hydroxyl groups excluding tert-OH is 1. The molecule has 0 radical (unpaired) electrons. The Morgan fingerprint density at radius 1 is 1.18 bits per heavy atom. The number of benzene rings is 2. The molecule has 0 aliphatic carbocycles. The third-order valence-electron chi connectivity index (χ3n) is 5.22. The molecule has 2 atom stereocenters. The lowest BCUT2D eigenvalue weighted by atomic mass is 9.86. The molecule has 1 heterocycles. The number of carbonyl (C=O) groups is 1. The minimum atomic E-state index is -0.655. The molecule has 3 rings (SSSR count). The van der Waals surface area contributed by atoms with Crippen molar-refractivity contribution in [3.8, 4) is 5.75 Å². The molecule has 8 heteroatoms. The van der Waals surface area contributed by atoms with Gasteiger partial charge in [-0.3, -0.25) is 4.79 Å². The SMILES string of the molecule is CC(=O)NCC(O)CNC1COC(C)(C)c2ccc(OC(C)C)cc21.Cc1cc(F)cc(F)c1. The van der Waals surface area contributed by atoms with Crippen LogP contribution in [-0.2, 0) is 15.1 Å². The van der Waals surface area contributed by atoms with Crippen molar-refractivity contribution < 1.29 is 28.2 Å². The Kier molecular flexibility index (Phi) is 9.97. The Labute approximate surface area is 200 Å².